The summed E-state index contributed by atoms with van der Waals surface area (Å²) in [5.41, 5.74) is 2.05. The van der Waals surface area contributed by atoms with Crippen molar-refractivity contribution < 1.29 is 4.39 Å². The summed E-state index contributed by atoms with van der Waals surface area (Å²) in [6, 6.07) is 3.03. The van der Waals surface area contributed by atoms with E-state index in [1.807, 2.05) is 13.1 Å². The molecule has 0 aliphatic heterocycles. The standard InChI is InChI=1S/C13H11BrFN/c1-2-3-4-5-9-8-16-13-11(9)6-10(15)7-12(13)14/h6-8,16H,4-5H2,1H3. The van der Waals surface area contributed by atoms with Crippen molar-refractivity contribution in [2.75, 3.05) is 0 Å². The molecule has 3 heteroatoms. The third kappa shape index (κ3) is 2.12. The third-order valence-corrected chi connectivity index (χ3v) is 3.11. The van der Waals surface area contributed by atoms with Crippen molar-refractivity contribution in [2.24, 2.45) is 0 Å². The van der Waals surface area contributed by atoms with Gasteiger partial charge in [0.2, 0.25) is 0 Å². The van der Waals surface area contributed by atoms with Gasteiger partial charge in [0.1, 0.15) is 5.82 Å². The van der Waals surface area contributed by atoms with Gasteiger partial charge in [-0.3, -0.25) is 0 Å². The van der Waals surface area contributed by atoms with E-state index in [2.05, 4.69) is 32.8 Å². The molecule has 0 fully saturated rings. The lowest BCUT2D eigenvalue weighted by molar-refractivity contribution is 0.629. The van der Waals surface area contributed by atoms with Crippen molar-refractivity contribution in [3.8, 4) is 11.8 Å². The molecule has 1 aromatic carbocycles. The zero-order chi connectivity index (χ0) is 11.5. The highest BCUT2D eigenvalue weighted by atomic mass is 79.9. The molecule has 1 N–H and O–H groups in total. The van der Waals surface area contributed by atoms with Gasteiger partial charge in [0, 0.05) is 22.5 Å². The summed E-state index contributed by atoms with van der Waals surface area (Å²) in [6.07, 6.45) is 3.57. The number of hydrogen-bond acceptors (Lipinski definition) is 0. The zero-order valence-corrected chi connectivity index (χ0v) is 10.5. The highest BCUT2D eigenvalue weighted by Gasteiger charge is 2.07. The minimum atomic E-state index is -0.221. The number of fused-ring (bicyclic) bond motifs is 1. The molecule has 0 aliphatic carbocycles. The van der Waals surface area contributed by atoms with Crippen molar-refractivity contribution >= 4 is 26.8 Å². The summed E-state index contributed by atoms with van der Waals surface area (Å²) in [4.78, 5) is 3.15. The molecule has 0 unspecified atom stereocenters. The molecule has 2 aromatic rings. The van der Waals surface area contributed by atoms with Gasteiger partial charge in [0.15, 0.2) is 0 Å². The first-order valence-electron chi connectivity index (χ1n) is 5.07. The Balaban J connectivity index is 2.42. The molecular weight excluding hydrogens is 269 g/mol. The number of H-pyrrole nitrogens is 1. The molecule has 82 valence electrons. The normalized spacial score (nSPS) is 10.2. The number of aryl methyl sites for hydroxylation is 1. The Morgan fingerprint density at radius 2 is 2.25 bits per heavy atom. The second-order valence-corrected chi connectivity index (χ2v) is 4.41. The minimum Gasteiger partial charge on any atom is -0.360 e. The molecule has 0 aliphatic rings. The van der Waals surface area contributed by atoms with Crippen molar-refractivity contribution in [1.29, 1.82) is 0 Å². The quantitative estimate of drug-likeness (QED) is 0.799. The van der Waals surface area contributed by atoms with Gasteiger partial charge in [-0.1, -0.05) is 0 Å². The maximum Gasteiger partial charge on any atom is 0.125 e. The van der Waals surface area contributed by atoms with E-state index in [0.29, 0.717) is 0 Å². The molecule has 0 spiro atoms. The Labute approximate surface area is 102 Å². The predicted molar refractivity (Wildman–Crippen MR) is 67.7 cm³/mol. The second kappa shape index (κ2) is 4.71. The van der Waals surface area contributed by atoms with Gasteiger partial charge in [-0.25, -0.2) is 4.39 Å². The fourth-order valence-corrected chi connectivity index (χ4v) is 2.29. The Morgan fingerprint density at radius 1 is 1.44 bits per heavy atom. The van der Waals surface area contributed by atoms with Gasteiger partial charge in [-0.05, 0) is 47.0 Å². The van der Waals surface area contributed by atoms with E-state index < -0.39 is 0 Å². The Bertz CT molecular complexity index is 575. The maximum absolute atomic E-state index is 13.3. The Kier molecular flexibility index (Phi) is 3.31. The fraction of sp³-hybridized carbons (Fsp3) is 0.231. The summed E-state index contributed by atoms with van der Waals surface area (Å²) in [5.74, 6) is 5.65. The molecule has 2 rings (SSSR count). The lowest BCUT2D eigenvalue weighted by Gasteiger charge is -1.98. The lowest BCUT2D eigenvalue weighted by Crippen LogP contribution is -1.82. The molecule has 1 aromatic heterocycles. The molecule has 1 heterocycles. The van der Waals surface area contributed by atoms with Crippen LogP contribution >= 0.6 is 15.9 Å². The minimum absolute atomic E-state index is 0.221. The first-order valence-corrected chi connectivity index (χ1v) is 5.86. The number of nitrogens with one attached hydrogen (secondary N) is 1. The first-order chi connectivity index (χ1) is 7.72. The highest BCUT2D eigenvalue weighted by molar-refractivity contribution is 9.10. The summed E-state index contributed by atoms with van der Waals surface area (Å²) < 4.78 is 14.0. The molecule has 0 saturated carbocycles. The van der Waals surface area contributed by atoms with Crippen molar-refractivity contribution in [3.63, 3.8) is 0 Å². The maximum atomic E-state index is 13.3. The Morgan fingerprint density at radius 3 is 3.00 bits per heavy atom. The third-order valence-electron chi connectivity index (χ3n) is 2.49. The molecule has 16 heavy (non-hydrogen) atoms. The van der Waals surface area contributed by atoms with Crippen LogP contribution in [0.3, 0.4) is 0 Å². The zero-order valence-electron chi connectivity index (χ0n) is 8.90. The van der Waals surface area contributed by atoms with Gasteiger partial charge < -0.3 is 4.98 Å². The fourth-order valence-electron chi connectivity index (χ4n) is 1.74. The monoisotopic (exact) mass is 279 g/mol. The molecule has 0 amide bonds. The molecule has 0 saturated heterocycles. The average Bonchev–Trinajstić information content (AvgIpc) is 2.62. The van der Waals surface area contributed by atoms with Crippen LogP contribution in [0.5, 0.6) is 0 Å². The smallest absolute Gasteiger partial charge is 0.125 e. The SMILES string of the molecule is CC#CCCc1c[nH]c2c(Br)cc(F)cc12. The number of aromatic nitrogens is 1. The van der Waals surface area contributed by atoms with E-state index in [1.54, 1.807) is 6.07 Å². The van der Waals surface area contributed by atoms with Gasteiger partial charge in [0.05, 0.1) is 5.52 Å². The largest absolute Gasteiger partial charge is 0.360 e. The number of halogens is 2. The van der Waals surface area contributed by atoms with Gasteiger partial charge in [0.25, 0.3) is 0 Å². The van der Waals surface area contributed by atoms with E-state index >= 15 is 0 Å². The van der Waals surface area contributed by atoms with E-state index in [9.17, 15) is 4.39 Å². The van der Waals surface area contributed by atoms with Crippen LogP contribution in [0.25, 0.3) is 10.9 Å². The first kappa shape index (κ1) is 11.2. The predicted octanol–water partition coefficient (Wildman–Crippen LogP) is 4.03. The van der Waals surface area contributed by atoms with Crippen LogP contribution in [0.4, 0.5) is 4.39 Å². The van der Waals surface area contributed by atoms with E-state index in [4.69, 9.17) is 0 Å². The average molecular weight is 280 g/mol. The van der Waals surface area contributed by atoms with Crippen LogP contribution in [-0.4, -0.2) is 4.98 Å². The van der Waals surface area contributed by atoms with E-state index in [-0.39, 0.29) is 5.82 Å². The van der Waals surface area contributed by atoms with Crippen LogP contribution in [-0.2, 0) is 6.42 Å². The van der Waals surface area contributed by atoms with E-state index in [0.717, 1.165) is 33.8 Å². The lowest BCUT2D eigenvalue weighted by atomic mass is 10.1. The molecule has 0 atom stereocenters. The number of benzene rings is 1. The van der Waals surface area contributed by atoms with Crippen LogP contribution < -0.4 is 0 Å². The molecular formula is C13H11BrFN. The Hall–Kier alpha value is -1.27. The summed E-state index contributed by atoms with van der Waals surface area (Å²) in [7, 11) is 0. The van der Waals surface area contributed by atoms with Gasteiger partial charge in [-0.2, -0.15) is 0 Å². The molecule has 1 nitrogen and oxygen atoms in total. The van der Waals surface area contributed by atoms with Gasteiger partial charge >= 0.3 is 0 Å². The summed E-state index contributed by atoms with van der Waals surface area (Å²) in [6.45, 7) is 1.82. The van der Waals surface area contributed by atoms with Crippen LogP contribution in [0.2, 0.25) is 0 Å². The van der Waals surface area contributed by atoms with Crippen molar-refractivity contribution in [3.05, 3.63) is 34.2 Å². The van der Waals surface area contributed by atoms with E-state index in [1.165, 1.54) is 6.07 Å². The van der Waals surface area contributed by atoms with Crippen molar-refractivity contribution in [2.45, 2.75) is 19.8 Å². The molecule has 0 bridgehead atoms. The number of aromatic amines is 1. The highest BCUT2D eigenvalue weighted by Crippen LogP contribution is 2.27. The van der Waals surface area contributed by atoms with Crippen LogP contribution in [0.15, 0.2) is 22.8 Å². The summed E-state index contributed by atoms with van der Waals surface area (Å²) >= 11 is 3.34. The van der Waals surface area contributed by atoms with Crippen molar-refractivity contribution in [1.82, 2.24) is 4.98 Å². The van der Waals surface area contributed by atoms with Gasteiger partial charge in [-0.15, -0.1) is 11.8 Å². The van der Waals surface area contributed by atoms with Crippen LogP contribution in [0, 0.1) is 17.7 Å². The molecule has 0 radical (unpaired) electrons. The summed E-state index contributed by atoms with van der Waals surface area (Å²) in [5, 5.41) is 0.935. The second-order valence-electron chi connectivity index (χ2n) is 3.55. The number of rotatable bonds is 2. The van der Waals surface area contributed by atoms with Crippen LogP contribution in [0.1, 0.15) is 18.9 Å². The number of hydrogen-bond donors (Lipinski definition) is 1. The topological polar surface area (TPSA) is 15.8 Å².